The Morgan fingerprint density at radius 3 is 2.75 bits per heavy atom. The van der Waals surface area contributed by atoms with Crippen molar-refractivity contribution in [3.05, 3.63) is 28.3 Å². The molecule has 0 unspecified atom stereocenters. The Morgan fingerprint density at radius 1 is 1.50 bits per heavy atom. The molecule has 0 aromatic carbocycles. The zero-order chi connectivity index (χ0) is 8.97. The molecule has 1 rings (SSSR count). The lowest BCUT2D eigenvalue weighted by atomic mass is 10.1. The maximum Gasteiger partial charge on any atom is 0.322 e. The molecule has 0 aromatic heterocycles. The van der Waals surface area contributed by atoms with Gasteiger partial charge in [0.25, 0.3) is 4.92 Å². The Hall–Kier alpha value is -1.45. The van der Waals surface area contributed by atoms with Crippen LogP contribution in [0.2, 0.25) is 0 Å². The van der Waals surface area contributed by atoms with Gasteiger partial charge in [-0.1, -0.05) is 6.08 Å². The van der Waals surface area contributed by atoms with Crippen molar-refractivity contribution in [1.82, 2.24) is 0 Å². The van der Waals surface area contributed by atoms with Crippen LogP contribution >= 0.6 is 0 Å². The van der Waals surface area contributed by atoms with Crippen LogP contribution in [-0.4, -0.2) is 18.3 Å². The second-order valence-electron chi connectivity index (χ2n) is 2.38. The summed E-state index contributed by atoms with van der Waals surface area (Å²) in [5.41, 5.74) is 0.705. The van der Waals surface area contributed by atoms with Crippen molar-refractivity contribution in [2.24, 2.45) is 0 Å². The Kier molecular flexibility index (Phi) is 2.74. The van der Waals surface area contributed by atoms with Gasteiger partial charge in [0.15, 0.2) is 13.4 Å². The van der Waals surface area contributed by atoms with E-state index in [1.807, 2.05) is 0 Å². The Morgan fingerprint density at radius 2 is 2.17 bits per heavy atom. The Labute approximate surface area is 70.0 Å². The quantitative estimate of drug-likeness (QED) is 0.468. The van der Waals surface area contributed by atoms with Crippen LogP contribution in [0.3, 0.4) is 0 Å². The van der Waals surface area contributed by atoms with Crippen LogP contribution in [0.4, 0.5) is 0 Å². The van der Waals surface area contributed by atoms with Gasteiger partial charge in [-0.05, 0) is 18.9 Å². The molecule has 0 fully saturated rings. The molecule has 4 heteroatoms. The molecular formula is C8H10NO3+. The van der Waals surface area contributed by atoms with Gasteiger partial charge < -0.3 is 0 Å². The summed E-state index contributed by atoms with van der Waals surface area (Å²) in [6.07, 6.45) is 5.66. The maximum absolute atomic E-state index is 11.0. The van der Waals surface area contributed by atoms with Gasteiger partial charge in [-0.3, -0.25) is 4.79 Å². The van der Waals surface area contributed by atoms with Crippen LogP contribution in [0.25, 0.3) is 0 Å². The molecule has 0 amide bonds. The van der Waals surface area contributed by atoms with E-state index in [-0.39, 0.29) is 0 Å². The van der Waals surface area contributed by atoms with Crippen LogP contribution < -0.4 is 0 Å². The van der Waals surface area contributed by atoms with Gasteiger partial charge in [-0.25, -0.2) is 4.84 Å². The van der Waals surface area contributed by atoms with Crippen molar-refractivity contribution < 1.29 is 14.6 Å². The molecule has 0 radical (unpaired) electrons. The van der Waals surface area contributed by atoms with Crippen molar-refractivity contribution in [3.8, 4) is 0 Å². The van der Waals surface area contributed by atoms with E-state index in [0.717, 1.165) is 12.8 Å². The second kappa shape index (κ2) is 3.80. The highest BCUT2D eigenvalue weighted by Crippen LogP contribution is 2.17. The highest BCUT2D eigenvalue weighted by Gasteiger charge is 2.25. The van der Waals surface area contributed by atoms with Gasteiger partial charge in [-0.15, -0.1) is 0 Å². The maximum atomic E-state index is 11.0. The van der Waals surface area contributed by atoms with E-state index in [9.17, 15) is 9.70 Å². The zero-order valence-electron chi connectivity index (χ0n) is 6.82. The van der Waals surface area contributed by atoms with E-state index in [1.165, 1.54) is 7.11 Å². The minimum absolute atomic E-state index is 0.304. The van der Waals surface area contributed by atoms with E-state index in [1.54, 1.807) is 12.2 Å². The average molecular weight is 168 g/mol. The molecule has 0 atom stereocenters. The number of nitrogens with zero attached hydrogens (tertiary/aromatic N) is 1. The average Bonchev–Trinajstić information content (AvgIpc) is 2.16. The predicted molar refractivity (Wildman–Crippen MR) is 42.1 cm³/mol. The molecule has 0 spiro atoms. The fraction of sp³-hybridized carbons (Fsp3) is 0.375. The molecule has 0 aliphatic heterocycles. The molecule has 0 saturated heterocycles. The number of hydrogen-bond donors (Lipinski definition) is 0. The number of carbonyl (C=O) groups excluding carboxylic acids is 1. The first-order chi connectivity index (χ1) is 5.79. The summed E-state index contributed by atoms with van der Waals surface area (Å²) in [5, 5.41) is 0. The molecule has 0 bridgehead atoms. The van der Waals surface area contributed by atoms with Crippen molar-refractivity contribution in [1.29, 1.82) is 0 Å². The van der Waals surface area contributed by atoms with Crippen LogP contribution in [0, 0.1) is 4.91 Å². The van der Waals surface area contributed by atoms with Gasteiger partial charge in [0, 0.05) is 0 Å². The third-order valence-corrected chi connectivity index (χ3v) is 1.65. The van der Waals surface area contributed by atoms with Crippen molar-refractivity contribution in [3.63, 3.8) is 0 Å². The highest BCUT2D eigenvalue weighted by molar-refractivity contribution is 5.79. The van der Waals surface area contributed by atoms with Gasteiger partial charge >= 0.3 is 5.70 Å². The standard InChI is InChI=1S/C8H10NO3/c1-12-9(11)8-5-3-2-4-7(8)6-10/h4-6H,2-3H2,1H3/q+1. The molecule has 0 aromatic rings. The largest absolute Gasteiger partial charge is 0.322 e. The van der Waals surface area contributed by atoms with Crippen molar-refractivity contribution in [2.45, 2.75) is 12.8 Å². The summed E-state index contributed by atoms with van der Waals surface area (Å²) < 4.78 is 0. The Balaban J connectivity index is 2.87. The SMILES string of the molecule is CO[N+](=O)C1=CCCC=C1C=O. The van der Waals surface area contributed by atoms with Crippen LogP contribution in [0.1, 0.15) is 12.8 Å². The Bertz CT molecular complexity index is 265. The minimum atomic E-state index is 0.304. The van der Waals surface area contributed by atoms with E-state index in [0.29, 0.717) is 22.5 Å². The topological polar surface area (TPSA) is 46.4 Å². The summed E-state index contributed by atoms with van der Waals surface area (Å²) in [6, 6.07) is 0. The highest BCUT2D eigenvalue weighted by atomic mass is 16.8. The van der Waals surface area contributed by atoms with E-state index >= 15 is 0 Å². The van der Waals surface area contributed by atoms with Crippen LogP contribution in [0.15, 0.2) is 23.4 Å². The smallest absolute Gasteiger partial charge is 0.298 e. The summed E-state index contributed by atoms with van der Waals surface area (Å²) in [7, 11) is 1.27. The molecule has 1 aliphatic carbocycles. The first kappa shape index (κ1) is 8.64. The van der Waals surface area contributed by atoms with Gasteiger partial charge in [-0.2, -0.15) is 0 Å². The first-order valence-corrected chi connectivity index (χ1v) is 3.67. The number of allylic oxidation sites excluding steroid dienone is 3. The van der Waals surface area contributed by atoms with E-state index < -0.39 is 0 Å². The normalized spacial score (nSPS) is 16.1. The van der Waals surface area contributed by atoms with Gasteiger partial charge in [0.05, 0.1) is 10.5 Å². The lowest BCUT2D eigenvalue weighted by Crippen LogP contribution is -2.11. The monoisotopic (exact) mass is 168 g/mol. The predicted octanol–water partition coefficient (Wildman–Crippen LogP) is 1.13. The summed E-state index contributed by atoms with van der Waals surface area (Å²) in [5.74, 6) is 0. The molecular weight excluding hydrogens is 158 g/mol. The van der Waals surface area contributed by atoms with Crippen molar-refractivity contribution in [2.75, 3.05) is 7.11 Å². The summed E-state index contributed by atoms with van der Waals surface area (Å²) in [6.45, 7) is 0. The number of aldehydes is 1. The number of carbonyl (C=O) groups is 1. The molecule has 64 valence electrons. The number of hydrogen-bond acceptors (Lipinski definition) is 3. The van der Waals surface area contributed by atoms with Gasteiger partial charge in [0.1, 0.15) is 0 Å². The molecule has 0 N–H and O–H groups in total. The molecule has 1 aliphatic rings. The second-order valence-corrected chi connectivity index (χ2v) is 2.38. The third-order valence-electron chi connectivity index (χ3n) is 1.65. The molecule has 12 heavy (non-hydrogen) atoms. The minimum Gasteiger partial charge on any atom is -0.298 e. The zero-order valence-corrected chi connectivity index (χ0v) is 6.82. The number of rotatable bonds is 3. The lowest BCUT2D eigenvalue weighted by Gasteiger charge is -2.00. The summed E-state index contributed by atoms with van der Waals surface area (Å²) >= 11 is 0. The lowest BCUT2D eigenvalue weighted by molar-refractivity contribution is -0.759. The third kappa shape index (κ3) is 1.58. The van der Waals surface area contributed by atoms with Crippen LogP contribution in [0.5, 0.6) is 0 Å². The molecule has 0 heterocycles. The fourth-order valence-electron chi connectivity index (χ4n) is 1.07. The summed E-state index contributed by atoms with van der Waals surface area (Å²) in [4.78, 5) is 26.2. The fourth-order valence-corrected chi connectivity index (χ4v) is 1.07. The van der Waals surface area contributed by atoms with E-state index in [4.69, 9.17) is 0 Å². The van der Waals surface area contributed by atoms with Crippen molar-refractivity contribution >= 4 is 6.29 Å². The van der Waals surface area contributed by atoms with E-state index in [2.05, 4.69) is 4.84 Å². The molecule has 4 nitrogen and oxygen atoms in total. The molecule has 0 saturated carbocycles. The van der Waals surface area contributed by atoms with Crippen LogP contribution in [-0.2, 0) is 9.63 Å². The first-order valence-electron chi connectivity index (χ1n) is 3.67. The van der Waals surface area contributed by atoms with Gasteiger partial charge in [0.2, 0.25) is 0 Å².